The molecular formula is C18H22FN3S. The van der Waals surface area contributed by atoms with E-state index >= 15 is 0 Å². The van der Waals surface area contributed by atoms with Crippen molar-refractivity contribution in [2.75, 3.05) is 25.0 Å². The molecule has 1 aromatic heterocycles. The highest BCUT2D eigenvalue weighted by molar-refractivity contribution is 7.16. The molecule has 0 radical (unpaired) electrons. The Bertz CT molecular complexity index is 692. The van der Waals surface area contributed by atoms with Crippen molar-refractivity contribution in [3.8, 4) is 11.3 Å². The molecule has 1 fully saturated rings. The zero-order valence-electron chi connectivity index (χ0n) is 13.2. The van der Waals surface area contributed by atoms with E-state index in [2.05, 4.69) is 10.6 Å². The lowest BCUT2D eigenvalue weighted by atomic mass is 9.98. The minimum Gasteiger partial charge on any atom is -0.361 e. The summed E-state index contributed by atoms with van der Waals surface area (Å²) >= 11 is 1.75. The second-order valence-corrected chi connectivity index (χ2v) is 7.60. The molecule has 5 heteroatoms. The number of nitrogens with zero attached hydrogens (tertiary/aromatic N) is 1. The van der Waals surface area contributed by atoms with Crippen molar-refractivity contribution in [2.45, 2.75) is 32.1 Å². The van der Waals surface area contributed by atoms with Gasteiger partial charge in [-0.1, -0.05) is 6.07 Å². The smallest absolute Gasteiger partial charge is 0.183 e. The van der Waals surface area contributed by atoms with E-state index in [4.69, 9.17) is 4.98 Å². The normalized spacial score (nSPS) is 18.1. The van der Waals surface area contributed by atoms with E-state index in [-0.39, 0.29) is 5.82 Å². The number of aromatic nitrogens is 1. The Morgan fingerprint density at radius 3 is 3.00 bits per heavy atom. The molecule has 23 heavy (non-hydrogen) atoms. The number of fused-ring (bicyclic) bond motifs is 3. The average molecular weight is 331 g/mol. The standard InChI is InChI=1S/C18H22FN3S/c19-14-5-4-13-2-1-3-16-17(15(13)10-14)22-18(23-16)21-11-12-6-8-20-9-7-12/h4-5,10,12,20H,1-3,6-9,11H2,(H,21,22). The van der Waals surface area contributed by atoms with Gasteiger partial charge in [0.2, 0.25) is 0 Å². The molecule has 1 saturated heterocycles. The molecule has 122 valence electrons. The lowest BCUT2D eigenvalue weighted by Gasteiger charge is -2.22. The summed E-state index contributed by atoms with van der Waals surface area (Å²) < 4.78 is 13.7. The Labute approximate surface area is 140 Å². The highest BCUT2D eigenvalue weighted by Gasteiger charge is 2.20. The topological polar surface area (TPSA) is 37.0 Å². The van der Waals surface area contributed by atoms with E-state index in [1.807, 2.05) is 6.07 Å². The van der Waals surface area contributed by atoms with Gasteiger partial charge in [-0.15, -0.1) is 11.3 Å². The lowest BCUT2D eigenvalue weighted by Crippen LogP contribution is -2.31. The van der Waals surface area contributed by atoms with Gasteiger partial charge >= 0.3 is 0 Å². The maximum Gasteiger partial charge on any atom is 0.183 e. The number of thiazole rings is 1. The second kappa shape index (κ2) is 6.57. The van der Waals surface area contributed by atoms with Crippen molar-refractivity contribution in [1.29, 1.82) is 0 Å². The van der Waals surface area contributed by atoms with Gasteiger partial charge in [0, 0.05) is 17.0 Å². The minimum absolute atomic E-state index is 0.172. The van der Waals surface area contributed by atoms with Gasteiger partial charge in [-0.2, -0.15) is 0 Å². The summed E-state index contributed by atoms with van der Waals surface area (Å²) in [6, 6.07) is 5.13. The first-order valence-electron chi connectivity index (χ1n) is 8.52. The molecule has 2 heterocycles. The van der Waals surface area contributed by atoms with Crippen molar-refractivity contribution < 1.29 is 4.39 Å². The minimum atomic E-state index is -0.172. The van der Waals surface area contributed by atoms with Gasteiger partial charge in [0.1, 0.15) is 5.82 Å². The summed E-state index contributed by atoms with van der Waals surface area (Å²) in [6.07, 6.45) is 5.62. The fourth-order valence-corrected chi connectivity index (χ4v) is 4.58. The van der Waals surface area contributed by atoms with E-state index in [1.54, 1.807) is 23.5 Å². The molecule has 2 aromatic rings. The van der Waals surface area contributed by atoms with Gasteiger partial charge in [-0.3, -0.25) is 0 Å². The Morgan fingerprint density at radius 1 is 1.26 bits per heavy atom. The Balaban J connectivity index is 1.56. The number of piperidine rings is 1. The summed E-state index contributed by atoms with van der Waals surface area (Å²) in [6.45, 7) is 3.23. The summed E-state index contributed by atoms with van der Waals surface area (Å²) in [7, 11) is 0. The first-order valence-corrected chi connectivity index (χ1v) is 9.34. The molecule has 0 bridgehead atoms. The van der Waals surface area contributed by atoms with Crippen LogP contribution in [0.3, 0.4) is 0 Å². The zero-order valence-corrected chi connectivity index (χ0v) is 14.0. The van der Waals surface area contributed by atoms with Crippen LogP contribution in [0.15, 0.2) is 18.2 Å². The number of rotatable bonds is 3. The molecule has 0 atom stereocenters. The van der Waals surface area contributed by atoms with Gasteiger partial charge in [0.25, 0.3) is 0 Å². The van der Waals surface area contributed by atoms with Crippen molar-refractivity contribution >= 4 is 16.5 Å². The van der Waals surface area contributed by atoms with Crippen LogP contribution in [0.25, 0.3) is 11.3 Å². The first kappa shape index (κ1) is 15.1. The third-order valence-corrected chi connectivity index (χ3v) is 5.95. The van der Waals surface area contributed by atoms with Crippen molar-refractivity contribution in [2.24, 2.45) is 5.92 Å². The molecule has 0 amide bonds. The van der Waals surface area contributed by atoms with Crippen LogP contribution in [0.2, 0.25) is 0 Å². The summed E-state index contributed by atoms with van der Waals surface area (Å²) in [5.41, 5.74) is 3.21. The molecule has 0 spiro atoms. The molecule has 1 aromatic carbocycles. The lowest BCUT2D eigenvalue weighted by molar-refractivity contribution is 0.390. The summed E-state index contributed by atoms with van der Waals surface area (Å²) in [4.78, 5) is 6.10. The highest BCUT2D eigenvalue weighted by atomic mass is 32.1. The first-order chi connectivity index (χ1) is 11.3. The van der Waals surface area contributed by atoms with Gasteiger partial charge in [0.15, 0.2) is 5.13 Å². The molecule has 0 unspecified atom stereocenters. The van der Waals surface area contributed by atoms with Crippen LogP contribution in [0.4, 0.5) is 9.52 Å². The molecule has 2 aliphatic rings. The third-order valence-electron chi connectivity index (χ3n) is 4.88. The van der Waals surface area contributed by atoms with Gasteiger partial charge in [-0.05, 0) is 68.8 Å². The van der Waals surface area contributed by atoms with Crippen molar-refractivity contribution in [1.82, 2.24) is 10.3 Å². The monoisotopic (exact) mass is 331 g/mol. The van der Waals surface area contributed by atoms with E-state index < -0.39 is 0 Å². The third kappa shape index (κ3) is 3.26. The van der Waals surface area contributed by atoms with Crippen LogP contribution in [0.1, 0.15) is 29.7 Å². The fourth-order valence-electron chi connectivity index (χ4n) is 3.55. The predicted molar refractivity (Wildman–Crippen MR) is 93.6 cm³/mol. The van der Waals surface area contributed by atoms with Crippen LogP contribution < -0.4 is 10.6 Å². The molecule has 1 aliphatic heterocycles. The molecule has 4 rings (SSSR count). The average Bonchev–Trinajstić information content (AvgIpc) is 2.91. The predicted octanol–water partition coefficient (Wildman–Crippen LogP) is 3.85. The quantitative estimate of drug-likeness (QED) is 0.897. The number of halogens is 1. The molecule has 3 nitrogen and oxygen atoms in total. The molecular weight excluding hydrogens is 309 g/mol. The van der Waals surface area contributed by atoms with Crippen LogP contribution in [-0.2, 0) is 12.8 Å². The fraction of sp³-hybridized carbons (Fsp3) is 0.500. The summed E-state index contributed by atoms with van der Waals surface area (Å²) in [5.74, 6) is 0.554. The number of hydrogen-bond acceptors (Lipinski definition) is 4. The molecule has 0 saturated carbocycles. The van der Waals surface area contributed by atoms with Crippen LogP contribution >= 0.6 is 11.3 Å². The largest absolute Gasteiger partial charge is 0.361 e. The number of aryl methyl sites for hydroxylation is 2. The Morgan fingerprint density at radius 2 is 2.13 bits per heavy atom. The Hall–Kier alpha value is -1.46. The van der Waals surface area contributed by atoms with Gasteiger partial charge in [-0.25, -0.2) is 9.37 Å². The number of benzene rings is 1. The maximum atomic E-state index is 13.7. The van der Waals surface area contributed by atoms with E-state index in [0.29, 0.717) is 0 Å². The van der Waals surface area contributed by atoms with Gasteiger partial charge < -0.3 is 10.6 Å². The number of anilines is 1. The van der Waals surface area contributed by atoms with Crippen LogP contribution in [0.5, 0.6) is 0 Å². The number of hydrogen-bond donors (Lipinski definition) is 2. The van der Waals surface area contributed by atoms with Crippen LogP contribution in [0, 0.1) is 11.7 Å². The zero-order chi connectivity index (χ0) is 15.6. The molecule has 2 N–H and O–H groups in total. The second-order valence-electron chi connectivity index (χ2n) is 6.52. The number of nitrogens with one attached hydrogen (secondary N) is 2. The maximum absolute atomic E-state index is 13.7. The van der Waals surface area contributed by atoms with E-state index in [9.17, 15) is 4.39 Å². The SMILES string of the molecule is Fc1ccc2c(c1)-c1nc(NCC3CCNCC3)sc1CCC2. The van der Waals surface area contributed by atoms with Gasteiger partial charge in [0.05, 0.1) is 5.69 Å². The van der Waals surface area contributed by atoms with Crippen molar-refractivity contribution in [3.63, 3.8) is 0 Å². The Kier molecular flexibility index (Phi) is 4.31. The van der Waals surface area contributed by atoms with Crippen LogP contribution in [-0.4, -0.2) is 24.6 Å². The van der Waals surface area contributed by atoms with Crippen molar-refractivity contribution in [3.05, 3.63) is 34.5 Å². The van der Waals surface area contributed by atoms with E-state index in [0.717, 1.165) is 61.2 Å². The molecule has 1 aliphatic carbocycles. The highest BCUT2D eigenvalue weighted by Crippen LogP contribution is 2.37. The summed E-state index contributed by atoms with van der Waals surface area (Å²) in [5, 5.41) is 7.91. The van der Waals surface area contributed by atoms with E-state index in [1.165, 1.54) is 23.3 Å².